The monoisotopic (exact) mass is 210 g/mol. The fraction of sp³-hybridized carbons (Fsp3) is 0.273. The van der Waals surface area contributed by atoms with E-state index in [4.69, 9.17) is 9.84 Å². The molecule has 0 aliphatic carbocycles. The van der Waals surface area contributed by atoms with Crippen LogP contribution in [0.3, 0.4) is 0 Å². The molecule has 0 atom stereocenters. The highest BCUT2D eigenvalue weighted by Crippen LogP contribution is 2.11. The Balaban J connectivity index is 0.000000921. The minimum atomic E-state index is -1.01. The molecule has 1 aromatic rings. The van der Waals surface area contributed by atoms with Gasteiger partial charge in [-0.1, -0.05) is 13.8 Å². The molecule has 4 heteroatoms. The van der Waals surface area contributed by atoms with Crippen molar-refractivity contribution in [1.82, 2.24) is 0 Å². The fourth-order valence-electron chi connectivity index (χ4n) is 0.832. The third-order valence-corrected chi connectivity index (χ3v) is 1.36. The van der Waals surface area contributed by atoms with Crippen molar-refractivity contribution in [2.24, 2.45) is 0 Å². The van der Waals surface area contributed by atoms with E-state index in [1.165, 1.54) is 31.2 Å². The Labute approximate surface area is 88.5 Å². The van der Waals surface area contributed by atoms with E-state index < -0.39 is 11.9 Å². The summed E-state index contributed by atoms with van der Waals surface area (Å²) in [6.45, 7) is 5.28. The van der Waals surface area contributed by atoms with Gasteiger partial charge in [-0.15, -0.1) is 0 Å². The zero-order valence-electron chi connectivity index (χ0n) is 8.98. The van der Waals surface area contributed by atoms with Crippen LogP contribution in [0.15, 0.2) is 24.3 Å². The first-order valence-electron chi connectivity index (χ1n) is 4.61. The zero-order valence-corrected chi connectivity index (χ0v) is 8.98. The number of esters is 1. The highest BCUT2D eigenvalue weighted by atomic mass is 16.5. The lowest BCUT2D eigenvalue weighted by Crippen LogP contribution is -2.02. The third-order valence-electron chi connectivity index (χ3n) is 1.36. The van der Waals surface area contributed by atoms with Crippen molar-refractivity contribution in [2.45, 2.75) is 20.8 Å². The zero-order chi connectivity index (χ0) is 11.8. The Bertz CT molecular complexity index is 327. The highest BCUT2D eigenvalue weighted by molar-refractivity contribution is 5.87. The van der Waals surface area contributed by atoms with E-state index >= 15 is 0 Å². The van der Waals surface area contributed by atoms with Crippen LogP contribution in [0.2, 0.25) is 0 Å². The van der Waals surface area contributed by atoms with Gasteiger partial charge in [0.2, 0.25) is 0 Å². The van der Waals surface area contributed by atoms with Gasteiger partial charge in [0, 0.05) is 6.92 Å². The first-order chi connectivity index (χ1) is 7.09. The number of carbonyl (C=O) groups is 2. The van der Waals surface area contributed by atoms with E-state index in [0.29, 0.717) is 5.75 Å². The lowest BCUT2D eigenvalue weighted by molar-refractivity contribution is -0.131. The lowest BCUT2D eigenvalue weighted by atomic mass is 10.2. The van der Waals surface area contributed by atoms with Crippen LogP contribution in [-0.4, -0.2) is 17.0 Å². The Kier molecular flexibility index (Phi) is 5.78. The van der Waals surface area contributed by atoms with Crippen LogP contribution >= 0.6 is 0 Å². The molecule has 0 heterocycles. The Morgan fingerprint density at radius 3 is 1.93 bits per heavy atom. The van der Waals surface area contributed by atoms with Crippen molar-refractivity contribution in [3.8, 4) is 5.75 Å². The average Bonchev–Trinajstić information content (AvgIpc) is 2.20. The maximum atomic E-state index is 10.5. The van der Waals surface area contributed by atoms with Crippen molar-refractivity contribution >= 4 is 11.9 Å². The van der Waals surface area contributed by atoms with Gasteiger partial charge in [-0.25, -0.2) is 4.79 Å². The van der Waals surface area contributed by atoms with Crippen LogP contribution in [0.5, 0.6) is 5.75 Å². The second-order valence-electron chi connectivity index (χ2n) is 2.42. The van der Waals surface area contributed by atoms with Gasteiger partial charge in [-0.3, -0.25) is 4.79 Å². The number of rotatable bonds is 2. The average molecular weight is 210 g/mol. The minimum absolute atomic E-state index is 0.163. The predicted octanol–water partition coefficient (Wildman–Crippen LogP) is 2.34. The summed E-state index contributed by atoms with van der Waals surface area (Å²) in [4.78, 5) is 20.9. The molecule has 0 bridgehead atoms. The molecule has 0 fully saturated rings. The van der Waals surface area contributed by atoms with Gasteiger partial charge in [0.05, 0.1) is 5.56 Å². The molecule has 0 spiro atoms. The summed E-state index contributed by atoms with van der Waals surface area (Å²) in [6, 6.07) is 5.62. The number of aromatic carboxylic acids is 1. The van der Waals surface area contributed by atoms with Gasteiger partial charge in [0.1, 0.15) is 5.75 Å². The molecule has 82 valence electrons. The Morgan fingerprint density at radius 2 is 1.60 bits per heavy atom. The molecule has 15 heavy (non-hydrogen) atoms. The van der Waals surface area contributed by atoms with Crippen LogP contribution in [-0.2, 0) is 4.79 Å². The van der Waals surface area contributed by atoms with Gasteiger partial charge in [-0.2, -0.15) is 0 Å². The molecule has 0 aliphatic rings. The molecule has 0 aliphatic heterocycles. The van der Waals surface area contributed by atoms with E-state index in [-0.39, 0.29) is 5.56 Å². The highest BCUT2D eigenvalue weighted by Gasteiger charge is 2.02. The first-order valence-corrected chi connectivity index (χ1v) is 4.61. The van der Waals surface area contributed by atoms with E-state index in [1.807, 2.05) is 13.8 Å². The van der Waals surface area contributed by atoms with Crippen molar-refractivity contribution in [3.05, 3.63) is 29.8 Å². The largest absolute Gasteiger partial charge is 0.478 e. The molecule has 0 aromatic heterocycles. The van der Waals surface area contributed by atoms with Crippen LogP contribution in [0.25, 0.3) is 0 Å². The molecule has 1 aromatic carbocycles. The summed E-state index contributed by atoms with van der Waals surface area (Å²) in [7, 11) is 0. The number of carboxylic acids is 1. The SMILES string of the molecule is CC.CC(=O)Oc1ccc(C(=O)O)cc1. The quantitative estimate of drug-likeness (QED) is 0.601. The van der Waals surface area contributed by atoms with Crippen LogP contribution < -0.4 is 4.74 Å². The van der Waals surface area contributed by atoms with Gasteiger partial charge < -0.3 is 9.84 Å². The van der Waals surface area contributed by atoms with Crippen LogP contribution in [0.4, 0.5) is 0 Å². The van der Waals surface area contributed by atoms with Gasteiger partial charge in [0.15, 0.2) is 0 Å². The van der Waals surface area contributed by atoms with E-state index in [2.05, 4.69) is 0 Å². The summed E-state index contributed by atoms with van der Waals surface area (Å²) >= 11 is 0. The summed E-state index contributed by atoms with van der Waals surface area (Å²) in [5.74, 6) is -1.09. The molecule has 0 saturated carbocycles. The fourth-order valence-corrected chi connectivity index (χ4v) is 0.832. The summed E-state index contributed by atoms with van der Waals surface area (Å²) < 4.78 is 4.72. The van der Waals surface area contributed by atoms with Crippen molar-refractivity contribution in [1.29, 1.82) is 0 Å². The second-order valence-corrected chi connectivity index (χ2v) is 2.42. The molecule has 0 saturated heterocycles. The standard InChI is InChI=1S/C9H8O4.C2H6/c1-6(10)13-8-4-2-7(3-5-8)9(11)12;1-2/h2-5H,1H3,(H,11,12);1-2H3. The number of hydrogen-bond acceptors (Lipinski definition) is 3. The number of benzene rings is 1. The molecule has 0 unspecified atom stereocenters. The Hall–Kier alpha value is -1.84. The van der Waals surface area contributed by atoms with Crippen molar-refractivity contribution in [3.63, 3.8) is 0 Å². The van der Waals surface area contributed by atoms with E-state index in [9.17, 15) is 9.59 Å². The number of carboxylic acid groups (broad SMARTS) is 1. The second kappa shape index (κ2) is 6.59. The van der Waals surface area contributed by atoms with E-state index in [1.54, 1.807) is 0 Å². The van der Waals surface area contributed by atoms with Gasteiger partial charge in [0.25, 0.3) is 0 Å². The third kappa shape index (κ3) is 4.81. The topological polar surface area (TPSA) is 63.6 Å². The smallest absolute Gasteiger partial charge is 0.335 e. The Morgan fingerprint density at radius 1 is 1.13 bits per heavy atom. The minimum Gasteiger partial charge on any atom is -0.478 e. The number of hydrogen-bond donors (Lipinski definition) is 1. The maximum Gasteiger partial charge on any atom is 0.335 e. The normalized spacial score (nSPS) is 8.47. The predicted molar refractivity (Wildman–Crippen MR) is 56.1 cm³/mol. The van der Waals surface area contributed by atoms with Gasteiger partial charge in [-0.05, 0) is 24.3 Å². The maximum absolute atomic E-state index is 10.5. The molecule has 0 radical (unpaired) electrons. The number of carbonyl (C=O) groups excluding carboxylic acids is 1. The van der Waals surface area contributed by atoms with Crippen molar-refractivity contribution in [2.75, 3.05) is 0 Å². The lowest BCUT2D eigenvalue weighted by Gasteiger charge is -2.00. The first kappa shape index (κ1) is 13.2. The number of ether oxygens (including phenoxy) is 1. The summed E-state index contributed by atoms with van der Waals surface area (Å²) in [6.07, 6.45) is 0. The molecular formula is C11H14O4. The molecule has 4 nitrogen and oxygen atoms in total. The van der Waals surface area contributed by atoms with Crippen LogP contribution in [0, 0.1) is 0 Å². The summed E-state index contributed by atoms with van der Waals surface area (Å²) in [5.41, 5.74) is 0.163. The molecular weight excluding hydrogens is 196 g/mol. The molecule has 1 rings (SSSR count). The van der Waals surface area contributed by atoms with E-state index in [0.717, 1.165) is 0 Å². The molecule has 1 N–H and O–H groups in total. The van der Waals surface area contributed by atoms with Gasteiger partial charge >= 0.3 is 11.9 Å². The molecule has 0 amide bonds. The summed E-state index contributed by atoms with van der Waals surface area (Å²) in [5, 5.41) is 8.55. The van der Waals surface area contributed by atoms with Crippen molar-refractivity contribution < 1.29 is 19.4 Å². The van der Waals surface area contributed by atoms with Crippen LogP contribution in [0.1, 0.15) is 31.1 Å².